The van der Waals surface area contributed by atoms with Crippen molar-refractivity contribution < 1.29 is 19.0 Å². The average Bonchev–Trinajstić information content (AvgIpc) is 3.12. The quantitative estimate of drug-likeness (QED) is 0.396. The molecule has 26 heavy (non-hydrogen) atoms. The lowest BCUT2D eigenvalue weighted by atomic mass is 10.2. The smallest absolute Gasteiger partial charge is 0.339 e. The summed E-state index contributed by atoms with van der Waals surface area (Å²) < 4.78 is 17.6. The molecule has 2 aromatic carbocycles. The first-order valence-corrected chi connectivity index (χ1v) is 10.4. The van der Waals surface area contributed by atoms with Gasteiger partial charge in [-0.25, -0.2) is 4.79 Å². The Hall–Kier alpha value is -1.21. The molecule has 138 valence electrons. The highest BCUT2D eigenvalue weighted by molar-refractivity contribution is 9.10. The second-order valence-electron chi connectivity index (χ2n) is 5.66. The number of hydrogen-bond donors (Lipinski definition) is 0. The lowest BCUT2D eigenvalue weighted by Crippen LogP contribution is -2.18. The number of rotatable bonds is 6. The number of halogens is 2. The molecule has 1 unspecified atom stereocenters. The Kier molecular flexibility index (Phi) is 6.86. The molecule has 1 saturated heterocycles. The minimum atomic E-state index is -0.358. The molecule has 4 nitrogen and oxygen atoms in total. The number of thioether (sulfide) groups is 1. The van der Waals surface area contributed by atoms with Gasteiger partial charge in [-0.05, 0) is 42.2 Å². The molecule has 7 heteroatoms. The number of hydrogen-bond acceptors (Lipinski definition) is 5. The van der Waals surface area contributed by atoms with Crippen molar-refractivity contribution in [3.63, 3.8) is 0 Å². The second-order valence-corrected chi connectivity index (χ2v) is 8.29. The van der Waals surface area contributed by atoms with Crippen LogP contribution in [0.2, 0.25) is 5.02 Å². The van der Waals surface area contributed by atoms with Gasteiger partial charge in [0.2, 0.25) is 0 Å². The SMILES string of the molecule is CCSc1ccc(Oc2ccc(Br)cc2Cl)cc1C(=O)OC1CCOC1. The minimum absolute atomic E-state index is 0.188. The first-order valence-electron chi connectivity index (χ1n) is 8.25. The van der Waals surface area contributed by atoms with Crippen LogP contribution in [0, 0.1) is 0 Å². The van der Waals surface area contributed by atoms with E-state index in [2.05, 4.69) is 15.9 Å². The fraction of sp³-hybridized carbons (Fsp3) is 0.316. The van der Waals surface area contributed by atoms with E-state index in [1.165, 1.54) is 0 Å². The van der Waals surface area contributed by atoms with Crippen LogP contribution in [0.15, 0.2) is 45.8 Å². The van der Waals surface area contributed by atoms with E-state index in [0.717, 1.165) is 21.5 Å². The van der Waals surface area contributed by atoms with Crippen LogP contribution in [-0.2, 0) is 9.47 Å². The molecule has 3 rings (SSSR count). The molecule has 0 amide bonds. The molecule has 1 aliphatic heterocycles. The van der Waals surface area contributed by atoms with Crippen molar-refractivity contribution in [3.8, 4) is 11.5 Å². The first-order chi connectivity index (χ1) is 12.6. The standard InChI is InChI=1S/C19H18BrClO4S/c1-2-26-18-6-4-13(24-17-5-3-12(20)9-16(17)21)10-15(18)19(22)25-14-7-8-23-11-14/h3-6,9-10,14H,2,7-8,11H2,1H3. The van der Waals surface area contributed by atoms with Crippen molar-refractivity contribution in [2.75, 3.05) is 19.0 Å². The Morgan fingerprint density at radius 1 is 1.35 bits per heavy atom. The van der Waals surface area contributed by atoms with Gasteiger partial charge in [-0.3, -0.25) is 0 Å². The van der Waals surface area contributed by atoms with Gasteiger partial charge in [0.15, 0.2) is 0 Å². The summed E-state index contributed by atoms with van der Waals surface area (Å²) >= 11 is 11.2. The zero-order chi connectivity index (χ0) is 18.5. The van der Waals surface area contributed by atoms with Gasteiger partial charge in [-0.15, -0.1) is 11.8 Å². The molecule has 1 aliphatic rings. The predicted molar refractivity (Wildman–Crippen MR) is 107 cm³/mol. The van der Waals surface area contributed by atoms with Gasteiger partial charge in [0.05, 0.1) is 23.8 Å². The molecule has 0 spiro atoms. The van der Waals surface area contributed by atoms with Crippen molar-refractivity contribution in [3.05, 3.63) is 51.5 Å². The maximum atomic E-state index is 12.6. The molecule has 0 bridgehead atoms. The van der Waals surface area contributed by atoms with E-state index in [1.54, 1.807) is 30.0 Å². The normalized spacial score (nSPS) is 16.5. The summed E-state index contributed by atoms with van der Waals surface area (Å²) in [6.07, 6.45) is 0.541. The molecule has 1 heterocycles. The van der Waals surface area contributed by atoms with Crippen LogP contribution in [-0.4, -0.2) is 31.0 Å². The fourth-order valence-corrected chi connectivity index (χ4v) is 4.00. The zero-order valence-electron chi connectivity index (χ0n) is 14.2. The molecule has 2 aromatic rings. The minimum Gasteiger partial charge on any atom is -0.456 e. The van der Waals surface area contributed by atoms with Crippen molar-refractivity contribution in [1.29, 1.82) is 0 Å². The van der Waals surface area contributed by atoms with E-state index in [9.17, 15) is 4.79 Å². The highest BCUT2D eigenvalue weighted by Gasteiger charge is 2.23. The summed E-state index contributed by atoms with van der Waals surface area (Å²) in [5.41, 5.74) is 0.495. The Labute approximate surface area is 170 Å². The van der Waals surface area contributed by atoms with Crippen LogP contribution in [0.25, 0.3) is 0 Å². The molecule has 0 radical (unpaired) electrons. The molecule has 0 saturated carbocycles. The second kappa shape index (κ2) is 9.13. The lowest BCUT2D eigenvalue weighted by molar-refractivity contribution is 0.0266. The number of esters is 1. The summed E-state index contributed by atoms with van der Waals surface area (Å²) in [5, 5.41) is 0.485. The molecule has 0 N–H and O–H groups in total. The topological polar surface area (TPSA) is 44.8 Å². The van der Waals surface area contributed by atoms with Crippen molar-refractivity contribution in [1.82, 2.24) is 0 Å². The fourth-order valence-electron chi connectivity index (χ4n) is 2.52. The third-order valence-corrected chi connectivity index (χ3v) is 5.50. The maximum Gasteiger partial charge on any atom is 0.339 e. The summed E-state index contributed by atoms with van der Waals surface area (Å²) in [6, 6.07) is 10.8. The first kappa shape index (κ1) is 19.5. The number of ether oxygens (including phenoxy) is 3. The average molecular weight is 458 g/mol. The highest BCUT2D eigenvalue weighted by atomic mass is 79.9. The van der Waals surface area contributed by atoms with E-state index in [4.69, 9.17) is 25.8 Å². The van der Waals surface area contributed by atoms with Crippen molar-refractivity contribution in [2.45, 2.75) is 24.3 Å². The van der Waals surface area contributed by atoms with Gasteiger partial charge >= 0.3 is 5.97 Å². The maximum absolute atomic E-state index is 12.6. The van der Waals surface area contributed by atoms with Gasteiger partial charge in [0.1, 0.15) is 17.6 Å². The summed E-state index contributed by atoms with van der Waals surface area (Å²) in [7, 11) is 0. The van der Waals surface area contributed by atoms with Crippen molar-refractivity contribution in [2.24, 2.45) is 0 Å². The van der Waals surface area contributed by atoms with Gasteiger partial charge in [0.25, 0.3) is 0 Å². The van der Waals surface area contributed by atoms with Crippen LogP contribution in [0.5, 0.6) is 11.5 Å². The zero-order valence-corrected chi connectivity index (χ0v) is 17.3. The molecule has 1 fully saturated rings. The largest absolute Gasteiger partial charge is 0.456 e. The van der Waals surface area contributed by atoms with Gasteiger partial charge in [-0.2, -0.15) is 0 Å². The van der Waals surface area contributed by atoms with Gasteiger partial charge in [-0.1, -0.05) is 34.5 Å². The third-order valence-electron chi connectivity index (χ3n) is 3.75. The van der Waals surface area contributed by atoms with Gasteiger partial charge in [0, 0.05) is 15.8 Å². The van der Waals surface area contributed by atoms with Crippen LogP contribution < -0.4 is 4.74 Å². The monoisotopic (exact) mass is 456 g/mol. The number of carbonyl (C=O) groups is 1. The van der Waals surface area contributed by atoms with E-state index in [-0.39, 0.29) is 12.1 Å². The Morgan fingerprint density at radius 3 is 2.88 bits per heavy atom. The summed E-state index contributed by atoms with van der Waals surface area (Å²) in [4.78, 5) is 13.5. The predicted octanol–water partition coefficient (Wildman–Crippen LogP) is 5.95. The Balaban J connectivity index is 1.83. The third kappa shape index (κ3) is 4.94. The van der Waals surface area contributed by atoms with Crippen molar-refractivity contribution >= 4 is 45.3 Å². The summed E-state index contributed by atoms with van der Waals surface area (Å²) in [6.45, 7) is 3.11. The van der Waals surface area contributed by atoms with E-state index < -0.39 is 0 Å². The van der Waals surface area contributed by atoms with Crippen LogP contribution in [0.4, 0.5) is 0 Å². The van der Waals surface area contributed by atoms with Crippen LogP contribution in [0.3, 0.4) is 0 Å². The lowest BCUT2D eigenvalue weighted by Gasteiger charge is -2.14. The molecule has 0 aromatic heterocycles. The Morgan fingerprint density at radius 2 is 2.19 bits per heavy atom. The molecular weight excluding hydrogens is 440 g/mol. The van der Waals surface area contributed by atoms with E-state index in [0.29, 0.717) is 35.3 Å². The Bertz CT molecular complexity index is 793. The van der Waals surface area contributed by atoms with Crippen LogP contribution in [0.1, 0.15) is 23.7 Å². The van der Waals surface area contributed by atoms with Crippen LogP contribution >= 0.6 is 39.3 Å². The number of benzene rings is 2. The molecule has 1 atom stereocenters. The van der Waals surface area contributed by atoms with E-state index in [1.807, 2.05) is 25.1 Å². The molecular formula is C19H18BrClO4S. The summed E-state index contributed by atoms with van der Waals surface area (Å²) in [5.74, 6) is 1.55. The molecule has 0 aliphatic carbocycles. The van der Waals surface area contributed by atoms with Gasteiger partial charge < -0.3 is 14.2 Å². The number of carbonyl (C=O) groups excluding carboxylic acids is 1. The van der Waals surface area contributed by atoms with E-state index >= 15 is 0 Å². The highest BCUT2D eigenvalue weighted by Crippen LogP contribution is 2.34.